The van der Waals surface area contributed by atoms with Gasteiger partial charge in [-0.25, -0.2) is 13.6 Å². The van der Waals surface area contributed by atoms with Gasteiger partial charge >= 0.3 is 0 Å². The first-order chi connectivity index (χ1) is 9.81. The lowest BCUT2D eigenvalue weighted by Gasteiger charge is -2.14. The fourth-order valence-corrected chi connectivity index (χ4v) is 2.53. The maximum atomic E-state index is 12.0. The van der Waals surface area contributed by atoms with Gasteiger partial charge in [0.05, 0.1) is 17.7 Å². The van der Waals surface area contributed by atoms with Crippen LogP contribution >= 0.6 is 0 Å². The molecule has 0 aromatic heterocycles. The maximum Gasteiger partial charge on any atom is 0.247 e. The minimum Gasteiger partial charge on any atom is -0.495 e. The van der Waals surface area contributed by atoms with E-state index in [0.717, 1.165) is 0 Å². The summed E-state index contributed by atoms with van der Waals surface area (Å²) in [6.45, 7) is 0. The lowest BCUT2D eigenvalue weighted by Crippen LogP contribution is -2.37. The molecule has 1 aliphatic rings. The van der Waals surface area contributed by atoms with Crippen molar-refractivity contribution in [2.45, 2.75) is 23.8 Å². The maximum absolute atomic E-state index is 12.0. The SMILES string of the molecule is COc1ccc(S(N)(=O)=O)cc1NC(=O)C1CCC(=O)N1. The molecule has 1 heterocycles. The largest absolute Gasteiger partial charge is 0.495 e. The average molecular weight is 313 g/mol. The molecule has 9 heteroatoms. The van der Waals surface area contributed by atoms with Crippen molar-refractivity contribution in [1.82, 2.24) is 5.32 Å². The van der Waals surface area contributed by atoms with E-state index in [4.69, 9.17) is 9.88 Å². The molecule has 1 aliphatic heterocycles. The minimum atomic E-state index is -3.89. The number of nitrogens with one attached hydrogen (secondary N) is 2. The quantitative estimate of drug-likeness (QED) is 0.694. The number of rotatable bonds is 4. The number of methoxy groups -OCH3 is 1. The van der Waals surface area contributed by atoms with Crippen LogP contribution in [0.15, 0.2) is 23.1 Å². The topological polar surface area (TPSA) is 128 Å². The van der Waals surface area contributed by atoms with Crippen LogP contribution in [0.1, 0.15) is 12.8 Å². The van der Waals surface area contributed by atoms with E-state index in [1.807, 2.05) is 0 Å². The second-order valence-corrected chi connectivity index (χ2v) is 6.12. The van der Waals surface area contributed by atoms with Gasteiger partial charge < -0.3 is 15.4 Å². The van der Waals surface area contributed by atoms with Crippen molar-refractivity contribution in [1.29, 1.82) is 0 Å². The van der Waals surface area contributed by atoms with Crippen molar-refractivity contribution >= 4 is 27.5 Å². The Balaban J connectivity index is 2.25. The van der Waals surface area contributed by atoms with Gasteiger partial charge in [0, 0.05) is 6.42 Å². The van der Waals surface area contributed by atoms with Crippen LogP contribution in [0.5, 0.6) is 5.75 Å². The summed E-state index contributed by atoms with van der Waals surface area (Å²) in [5.41, 5.74) is 0.176. The Bertz CT molecular complexity index is 686. The van der Waals surface area contributed by atoms with Gasteiger partial charge in [-0.15, -0.1) is 0 Å². The predicted octanol–water partition coefficient (Wildman–Crippen LogP) is -0.440. The van der Waals surface area contributed by atoms with Crippen LogP contribution in [0.25, 0.3) is 0 Å². The van der Waals surface area contributed by atoms with Gasteiger partial charge in [0.1, 0.15) is 11.8 Å². The lowest BCUT2D eigenvalue weighted by atomic mass is 10.2. The van der Waals surface area contributed by atoms with Gasteiger partial charge in [-0.1, -0.05) is 0 Å². The van der Waals surface area contributed by atoms with E-state index < -0.39 is 22.0 Å². The van der Waals surface area contributed by atoms with Gasteiger partial charge in [-0.3, -0.25) is 9.59 Å². The van der Waals surface area contributed by atoms with Crippen molar-refractivity contribution in [2.24, 2.45) is 5.14 Å². The fraction of sp³-hybridized carbons (Fsp3) is 0.333. The van der Waals surface area contributed by atoms with Crippen LogP contribution < -0.4 is 20.5 Å². The molecule has 1 atom stereocenters. The van der Waals surface area contributed by atoms with Gasteiger partial charge in [-0.05, 0) is 24.6 Å². The summed E-state index contributed by atoms with van der Waals surface area (Å²) in [7, 11) is -2.50. The molecule has 0 aliphatic carbocycles. The predicted molar refractivity (Wildman–Crippen MR) is 74.2 cm³/mol. The van der Waals surface area contributed by atoms with Gasteiger partial charge in [0.25, 0.3) is 0 Å². The summed E-state index contributed by atoms with van der Waals surface area (Å²) in [4.78, 5) is 23.0. The van der Waals surface area contributed by atoms with Crippen molar-refractivity contribution < 1.29 is 22.7 Å². The van der Waals surface area contributed by atoms with E-state index in [2.05, 4.69) is 10.6 Å². The molecule has 1 saturated heterocycles. The monoisotopic (exact) mass is 313 g/mol. The van der Waals surface area contributed by atoms with Crippen LogP contribution in [0, 0.1) is 0 Å². The second kappa shape index (κ2) is 5.70. The molecular weight excluding hydrogens is 298 g/mol. The number of hydrogen-bond donors (Lipinski definition) is 3. The van der Waals surface area contributed by atoms with Crippen LogP contribution in [-0.4, -0.2) is 33.4 Å². The van der Waals surface area contributed by atoms with E-state index in [1.165, 1.54) is 25.3 Å². The molecular formula is C12H15N3O5S. The summed E-state index contributed by atoms with van der Waals surface area (Å²) >= 11 is 0. The normalized spacial score (nSPS) is 18.2. The molecule has 114 valence electrons. The van der Waals surface area contributed by atoms with E-state index in [-0.39, 0.29) is 22.9 Å². The average Bonchev–Trinajstić information content (AvgIpc) is 2.84. The number of sulfonamides is 1. The van der Waals surface area contributed by atoms with Gasteiger partial charge in [-0.2, -0.15) is 0 Å². The number of amides is 2. The molecule has 0 spiro atoms. The van der Waals surface area contributed by atoms with E-state index in [1.54, 1.807) is 0 Å². The van der Waals surface area contributed by atoms with Crippen LogP contribution in [0.3, 0.4) is 0 Å². The van der Waals surface area contributed by atoms with Crippen LogP contribution in [0.2, 0.25) is 0 Å². The highest BCUT2D eigenvalue weighted by Gasteiger charge is 2.27. The molecule has 1 aromatic rings. The molecule has 0 saturated carbocycles. The van der Waals surface area contributed by atoms with Crippen molar-refractivity contribution in [2.75, 3.05) is 12.4 Å². The standard InChI is InChI=1S/C12H15N3O5S/c1-20-10-4-2-7(21(13,18)19)6-9(10)15-12(17)8-3-5-11(16)14-8/h2,4,6,8H,3,5H2,1H3,(H,14,16)(H,15,17)(H2,13,18,19). The summed E-state index contributed by atoms with van der Waals surface area (Å²) in [5.74, 6) is -0.341. The number of carbonyl (C=O) groups excluding carboxylic acids is 2. The van der Waals surface area contributed by atoms with E-state index in [9.17, 15) is 18.0 Å². The Morgan fingerprint density at radius 2 is 2.19 bits per heavy atom. The number of anilines is 1. The molecule has 1 aromatic carbocycles. The second-order valence-electron chi connectivity index (χ2n) is 4.56. The van der Waals surface area contributed by atoms with Gasteiger partial charge in [0.15, 0.2) is 0 Å². The van der Waals surface area contributed by atoms with Crippen molar-refractivity contribution in [3.63, 3.8) is 0 Å². The molecule has 4 N–H and O–H groups in total. The molecule has 2 amide bonds. The van der Waals surface area contributed by atoms with Gasteiger partial charge in [0.2, 0.25) is 21.8 Å². The first-order valence-corrected chi connectivity index (χ1v) is 7.67. The number of primary sulfonamides is 1. The number of carbonyl (C=O) groups is 2. The molecule has 21 heavy (non-hydrogen) atoms. The minimum absolute atomic E-state index is 0.144. The zero-order chi connectivity index (χ0) is 15.6. The van der Waals surface area contributed by atoms with Crippen LogP contribution in [-0.2, 0) is 19.6 Å². The molecule has 1 unspecified atom stereocenters. The number of benzene rings is 1. The third-order valence-electron chi connectivity index (χ3n) is 3.07. The zero-order valence-corrected chi connectivity index (χ0v) is 12.1. The number of hydrogen-bond acceptors (Lipinski definition) is 5. The Kier molecular flexibility index (Phi) is 4.14. The third-order valence-corrected chi connectivity index (χ3v) is 3.98. The first kappa shape index (κ1) is 15.3. The number of ether oxygens (including phenoxy) is 1. The van der Waals surface area contributed by atoms with Crippen molar-refractivity contribution in [3.05, 3.63) is 18.2 Å². The third kappa shape index (κ3) is 3.50. The Morgan fingerprint density at radius 1 is 1.48 bits per heavy atom. The van der Waals surface area contributed by atoms with E-state index in [0.29, 0.717) is 12.2 Å². The van der Waals surface area contributed by atoms with E-state index >= 15 is 0 Å². The number of nitrogens with two attached hydrogens (primary N) is 1. The lowest BCUT2D eigenvalue weighted by molar-refractivity contribution is -0.122. The summed E-state index contributed by atoms with van der Waals surface area (Å²) in [6.07, 6.45) is 0.675. The highest BCUT2D eigenvalue weighted by atomic mass is 32.2. The fourth-order valence-electron chi connectivity index (χ4n) is 1.99. The highest BCUT2D eigenvalue weighted by Crippen LogP contribution is 2.27. The summed E-state index contributed by atoms with van der Waals surface area (Å²) < 4.78 is 27.7. The molecule has 1 fully saturated rings. The van der Waals surface area contributed by atoms with Crippen molar-refractivity contribution in [3.8, 4) is 5.75 Å². The summed E-state index contributed by atoms with van der Waals surface area (Å²) in [6, 6.07) is 3.24. The Morgan fingerprint density at radius 3 is 2.71 bits per heavy atom. The Labute approximate surface area is 121 Å². The van der Waals surface area contributed by atoms with Crippen LogP contribution in [0.4, 0.5) is 5.69 Å². The molecule has 2 rings (SSSR count). The zero-order valence-electron chi connectivity index (χ0n) is 11.3. The smallest absolute Gasteiger partial charge is 0.247 e. The first-order valence-electron chi connectivity index (χ1n) is 6.12. The summed E-state index contributed by atoms with van der Waals surface area (Å²) in [5, 5.41) is 10.1. The molecule has 0 bridgehead atoms. The molecule has 0 radical (unpaired) electrons. The Hall–Kier alpha value is -2.13. The highest BCUT2D eigenvalue weighted by molar-refractivity contribution is 7.89. The molecule has 8 nitrogen and oxygen atoms in total.